The molecule has 7 heteroatoms. The summed E-state index contributed by atoms with van der Waals surface area (Å²) in [5.74, 6) is -0.129. The molecule has 0 fully saturated rings. The summed E-state index contributed by atoms with van der Waals surface area (Å²) in [5, 5.41) is 8.25. The third-order valence-corrected chi connectivity index (χ3v) is 6.78. The minimum Gasteiger partial charge on any atom is -0.333 e. The second-order valence-corrected chi connectivity index (χ2v) is 9.58. The quantitative estimate of drug-likeness (QED) is 0.229. The number of carbonyl (C=O) groups is 2. The smallest absolute Gasteiger partial charge is 0.245 e. The van der Waals surface area contributed by atoms with Gasteiger partial charge in [0.1, 0.15) is 5.82 Å². The van der Waals surface area contributed by atoms with Crippen molar-refractivity contribution in [2.24, 2.45) is 0 Å². The van der Waals surface area contributed by atoms with Crippen LogP contribution in [0.2, 0.25) is 5.02 Å². The van der Waals surface area contributed by atoms with E-state index in [2.05, 4.69) is 12.2 Å². The van der Waals surface area contributed by atoms with E-state index in [-0.39, 0.29) is 24.3 Å². The first kappa shape index (κ1) is 27.1. The van der Waals surface area contributed by atoms with Gasteiger partial charge in [-0.3, -0.25) is 9.59 Å². The highest BCUT2D eigenvalue weighted by atomic mass is 35.5. The Kier molecular flexibility index (Phi) is 9.33. The number of anilines is 1. The van der Waals surface area contributed by atoms with E-state index < -0.39 is 0 Å². The minimum atomic E-state index is -0.292. The number of nitrogens with one attached hydrogen (secondary N) is 1. The van der Waals surface area contributed by atoms with Gasteiger partial charge in [-0.2, -0.15) is 5.10 Å². The van der Waals surface area contributed by atoms with Crippen molar-refractivity contribution in [2.75, 3.05) is 18.4 Å². The predicted molar refractivity (Wildman–Crippen MR) is 154 cm³/mol. The normalized spacial score (nSPS) is 11.7. The number of benzene rings is 3. The van der Waals surface area contributed by atoms with Crippen LogP contribution in [0, 0.1) is 0 Å². The number of amides is 2. The number of rotatable bonds is 11. The van der Waals surface area contributed by atoms with E-state index in [9.17, 15) is 9.59 Å². The van der Waals surface area contributed by atoms with Gasteiger partial charge in [0.25, 0.3) is 0 Å². The molecule has 0 aliphatic carbocycles. The van der Waals surface area contributed by atoms with Gasteiger partial charge in [-0.1, -0.05) is 105 Å². The highest BCUT2D eigenvalue weighted by molar-refractivity contribution is 6.32. The number of hydrogen-bond donors (Lipinski definition) is 1. The maximum Gasteiger partial charge on any atom is 0.245 e. The number of hydrogen-bond acceptors (Lipinski definition) is 3. The zero-order valence-electron chi connectivity index (χ0n) is 21.8. The summed E-state index contributed by atoms with van der Waals surface area (Å²) >= 11 is 6.49. The molecule has 0 radical (unpaired) electrons. The lowest BCUT2D eigenvalue weighted by Crippen LogP contribution is -2.41. The monoisotopic (exact) mass is 528 g/mol. The lowest BCUT2D eigenvalue weighted by molar-refractivity contribution is -0.136. The molecule has 1 heterocycles. The second-order valence-electron chi connectivity index (χ2n) is 9.18. The van der Waals surface area contributed by atoms with Crippen molar-refractivity contribution in [3.63, 3.8) is 0 Å². The lowest BCUT2D eigenvalue weighted by Gasteiger charge is -2.27. The van der Waals surface area contributed by atoms with Gasteiger partial charge in [-0.25, -0.2) is 4.68 Å². The largest absolute Gasteiger partial charge is 0.333 e. The molecule has 6 nitrogen and oxygen atoms in total. The first-order valence-corrected chi connectivity index (χ1v) is 13.4. The van der Waals surface area contributed by atoms with E-state index in [0.29, 0.717) is 35.2 Å². The second kappa shape index (κ2) is 13.1. The Bertz CT molecular complexity index is 1350. The minimum absolute atomic E-state index is 0.0353. The van der Waals surface area contributed by atoms with Gasteiger partial charge >= 0.3 is 0 Å². The molecular weight excluding hydrogens is 496 g/mol. The van der Waals surface area contributed by atoms with Crippen LogP contribution < -0.4 is 5.32 Å². The van der Waals surface area contributed by atoms with Gasteiger partial charge in [0.05, 0.1) is 28.9 Å². The Labute approximate surface area is 229 Å². The molecule has 1 atom stereocenters. The summed E-state index contributed by atoms with van der Waals surface area (Å²) in [4.78, 5) is 28.6. The van der Waals surface area contributed by atoms with E-state index in [1.165, 1.54) is 0 Å². The summed E-state index contributed by atoms with van der Waals surface area (Å²) in [6, 6.07) is 28.7. The van der Waals surface area contributed by atoms with Crippen LogP contribution in [-0.2, 0) is 9.59 Å². The van der Waals surface area contributed by atoms with Crippen molar-refractivity contribution >= 4 is 29.2 Å². The summed E-state index contributed by atoms with van der Waals surface area (Å²) < 4.78 is 1.64. The van der Waals surface area contributed by atoms with E-state index in [4.69, 9.17) is 16.7 Å². The molecule has 3 aromatic carbocycles. The van der Waals surface area contributed by atoms with Gasteiger partial charge in [0.2, 0.25) is 11.8 Å². The number of nitrogens with zero attached hydrogens (tertiary/aromatic N) is 3. The van der Waals surface area contributed by atoms with Crippen LogP contribution >= 0.6 is 11.6 Å². The molecule has 4 aromatic rings. The zero-order chi connectivity index (χ0) is 26.9. The Morgan fingerprint density at radius 3 is 2.26 bits per heavy atom. The van der Waals surface area contributed by atoms with Crippen molar-refractivity contribution in [3.05, 3.63) is 102 Å². The van der Waals surface area contributed by atoms with Gasteiger partial charge in [0, 0.05) is 18.2 Å². The van der Waals surface area contributed by atoms with Gasteiger partial charge < -0.3 is 10.2 Å². The number of unbranched alkanes of at least 4 members (excludes halogenated alkanes) is 1. The van der Waals surface area contributed by atoms with Gasteiger partial charge in [-0.05, 0) is 30.5 Å². The molecule has 1 aromatic heterocycles. The van der Waals surface area contributed by atoms with Gasteiger partial charge in [0.15, 0.2) is 0 Å². The Hall–Kier alpha value is -3.90. The Morgan fingerprint density at radius 2 is 1.61 bits per heavy atom. The third-order valence-electron chi connectivity index (χ3n) is 6.46. The van der Waals surface area contributed by atoms with Crippen molar-refractivity contribution in [1.29, 1.82) is 0 Å². The van der Waals surface area contributed by atoms with Crippen molar-refractivity contribution in [1.82, 2.24) is 14.7 Å². The SMILES string of the molecule is CCCCN(CC(=O)Nc1cc(-c2ccccc2)nn1-c1ccccc1Cl)C(=O)C(CC)c1ccccc1. The molecule has 38 heavy (non-hydrogen) atoms. The average molecular weight is 529 g/mol. The third kappa shape index (κ3) is 6.50. The van der Waals surface area contributed by atoms with Crippen LogP contribution in [0.15, 0.2) is 91.0 Å². The molecule has 2 amide bonds. The molecule has 0 aliphatic heterocycles. The predicted octanol–water partition coefficient (Wildman–Crippen LogP) is 6.95. The maximum atomic E-state index is 13.6. The van der Waals surface area contributed by atoms with Crippen LogP contribution in [-0.4, -0.2) is 39.6 Å². The topological polar surface area (TPSA) is 67.2 Å². The fourth-order valence-corrected chi connectivity index (χ4v) is 4.67. The van der Waals surface area contributed by atoms with Crippen LogP contribution in [0.4, 0.5) is 5.82 Å². The summed E-state index contributed by atoms with van der Waals surface area (Å²) in [6.45, 7) is 4.55. The zero-order valence-corrected chi connectivity index (χ0v) is 22.6. The summed E-state index contributed by atoms with van der Waals surface area (Å²) in [5.41, 5.74) is 3.24. The average Bonchev–Trinajstić information content (AvgIpc) is 3.36. The fourth-order valence-electron chi connectivity index (χ4n) is 4.46. The van der Waals surface area contributed by atoms with Crippen LogP contribution in [0.5, 0.6) is 0 Å². The molecular formula is C31H33ClN4O2. The maximum absolute atomic E-state index is 13.6. The van der Waals surface area contributed by atoms with E-state index in [1.54, 1.807) is 15.6 Å². The number of aromatic nitrogens is 2. The van der Waals surface area contributed by atoms with Crippen LogP contribution in [0.25, 0.3) is 16.9 Å². The lowest BCUT2D eigenvalue weighted by atomic mass is 9.95. The molecule has 0 aliphatic rings. The molecule has 196 valence electrons. The Balaban J connectivity index is 1.60. The van der Waals surface area contributed by atoms with Gasteiger partial charge in [-0.15, -0.1) is 0 Å². The molecule has 0 bridgehead atoms. The van der Waals surface area contributed by atoms with Crippen molar-refractivity contribution in [2.45, 2.75) is 39.0 Å². The molecule has 4 rings (SSSR count). The molecule has 0 spiro atoms. The van der Waals surface area contributed by atoms with Crippen LogP contribution in [0.1, 0.15) is 44.6 Å². The standard InChI is InChI=1S/C31H33ClN4O2/c1-3-5-20-35(31(38)25(4-2)23-14-8-6-9-15-23)22-30(37)33-29-21-27(24-16-10-7-11-17-24)34-36(29)28-19-13-12-18-26(28)32/h6-19,21,25H,3-5,20,22H2,1-2H3,(H,33,37). The molecule has 0 saturated heterocycles. The van der Waals surface area contributed by atoms with E-state index in [1.807, 2.05) is 91.9 Å². The van der Waals surface area contributed by atoms with E-state index in [0.717, 1.165) is 24.0 Å². The van der Waals surface area contributed by atoms with Crippen molar-refractivity contribution in [3.8, 4) is 16.9 Å². The number of halogens is 1. The molecule has 1 N–H and O–H groups in total. The first-order chi connectivity index (χ1) is 18.5. The molecule has 0 saturated carbocycles. The highest BCUT2D eigenvalue weighted by Gasteiger charge is 2.26. The fraction of sp³-hybridized carbons (Fsp3) is 0.258. The van der Waals surface area contributed by atoms with Crippen molar-refractivity contribution < 1.29 is 9.59 Å². The number of carbonyl (C=O) groups excluding carboxylic acids is 2. The summed E-state index contributed by atoms with van der Waals surface area (Å²) in [7, 11) is 0. The van der Waals surface area contributed by atoms with Crippen LogP contribution in [0.3, 0.4) is 0 Å². The Morgan fingerprint density at radius 1 is 0.947 bits per heavy atom. The summed E-state index contributed by atoms with van der Waals surface area (Å²) in [6.07, 6.45) is 2.40. The first-order valence-electron chi connectivity index (χ1n) is 13.1. The number of para-hydroxylation sites is 1. The van der Waals surface area contributed by atoms with E-state index >= 15 is 0 Å². The highest BCUT2D eigenvalue weighted by Crippen LogP contribution is 2.28. The molecule has 1 unspecified atom stereocenters.